The lowest BCUT2D eigenvalue weighted by molar-refractivity contribution is 0.383. The van der Waals surface area contributed by atoms with Crippen molar-refractivity contribution in [3.63, 3.8) is 0 Å². The number of benzene rings is 1. The van der Waals surface area contributed by atoms with Crippen LogP contribution in [0.1, 0.15) is 0 Å². The van der Waals surface area contributed by atoms with Crippen LogP contribution in [0.3, 0.4) is 0 Å². The highest BCUT2D eigenvalue weighted by atomic mass is 35.5. The minimum absolute atomic E-state index is 0.263. The van der Waals surface area contributed by atoms with Crippen LogP contribution in [0, 0.1) is 0 Å². The van der Waals surface area contributed by atoms with Crippen molar-refractivity contribution in [1.82, 2.24) is 14.3 Å². The van der Waals surface area contributed by atoms with Gasteiger partial charge in [-0.3, -0.25) is 4.98 Å². The molecule has 0 saturated carbocycles. The highest BCUT2D eigenvalue weighted by molar-refractivity contribution is 7.89. The Morgan fingerprint density at radius 1 is 1.08 bits per heavy atom. The van der Waals surface area contributed by atoms with Gasteiger partial charge in [-0.15, -0.1) is 0 Å². The highest BCUT2D eigenvalue weighted by Gasteiger charge is 2.29. The first kappa shape index (κ1) is 16.9. The first-order valence-electron chi connectivity index (χ1n) is 7.37. The summed E-state index contributed by atoms with van der Waals surface area (Å²) in [7, 11) is -1.97. The molecule has 2 aromatic rings. The molecular weight excluding hydrogens is 352 g/mol. The van der Waals surface area contributed by atoms with Crippen molar-refractivity contribution < 1.29 is 13.2 Å². The van der Waals surface area contributed by atoms with Gasteiger partial charge in [0.25, 0.3) is 0 Å². The van der Waals surface area contributed by atoms with Crippen molar-refractivity contribution in [1.29, 1.82) is 0 Å². The minimum atomic E-state index is -3.51. The maximum absolute atomic E-state index is 12.7. The number of aromatic nitrogens is 2. The summed E-state index contributed by atoms with van der Waals surface area (Å²) in [5.74, 6) is 1.28. The Balaban J connectivity index is 1.71. The molecule has 1 aliphatic heterocycles. The Kier molecular flexibility index (Phi) is 4.88. The summed E-state index contributed by atoms with van der Waals surface area (Å²) < 4.78 is 31.9. The van der Waals surface area contributed by atoms with Crippen molar-refractivity contribution in [3.05, 3.63) is 41.8 Å². The molecule has 9 heteroatoms. The largest absolute Gasteiger partial charge is 0.497 e. The normalized spacial score (nSPS) is 16.2. The Morgan fingerprint density at radius 3 is 2.33 bits per heavy atom. The van der Waals surface area contributed by atoms with Gasteiger partial charge >= 0.3 is 0 Å². The fourth-order valence-electron chi connectivity index (χ4n) is 2.54. The number of anilines is 1. The summed E-state index contributed by atoms with van der Waals surface area (Å²) in [6.07, 6.45) is 3.09. The number of sulfonamides is 1. The van der Waals surface area contributed by atoms with Crippen LogP contribution in [-0.2, 0) is 10.0 Å². The molecule has 24 heavy (non-hydrogen) atoms. The molecule has 0 amide bonds. The van der Waals surface area contributed by atoms with Crippen molar-refractivity contribution in [2.75, 3.05) is 38.2 Å². The van der Waals surface area contributed by atoms with E-state index in [2.05, 4.69) is 9.97 Å². The molecule has 0 unspecified atom stereocenters. The number of hydrogen-bond donors (Lipinski definition) is 0. The molecule has 0 spiro atoms. The van der Waals surface area contributed by atoms with Crippen LogP contribution in [0.25, 0.3) is 0 Å². The smallest absolute Gasteiger partial charge is 0.243 e. The lowest BCUT2D eigenvalue weighted by atomic mass is 10.3. The third-order valence-corrected chi connectivity index (χ3v) is 5.95. The Morgan fingerprint density at radius 2 is 1.75 bits per heavy atom. The quantitative estimate of drug-likeness (QED) is 0.816. The standard InChI is InChI=1S/C15H17ClN4O3S/c1-23-12-2-4-13(5-3-12)24(21,22)20-8-6-19(7-9-20)15-11-17-10-14(16)18-15/h2-5,10-11H,6-9H2,1H3. The average Bonchev–Trinajstić information content (AvgIpc) is 2.62. The van der Waals surface area contributed by atoms with E-state index in [4.69, 9.17) is 16.3 Å². The molecule has 3 rings (SSSR count). The van der Waals surface area contributed by atoms with Gasteiger partial charge in [-0.2, -0.15) is 4.31 Å². The molecule has 128 valence electrons. The third kappa shape index (κ3) is 3.45. The Bertz CT molecular complexity index is 806. The molecule has 1 aliphatic rings. The number of rotatable bonds is 4. The molecule has 1 aromatic carbocycles. The van der Waals surface area contributed by atoms with Gasteiger partial charge in [0.2, 0.25) is 10.0 Å². The number of halogens is 1. The zero-order valence-electron chi connectivity index (χ0n) is 13.1. The van der Waals surface area contributed by atoms with Crippen LogP contribution < -0.4 is 9.64 Å². The summed E-state index contributed by atoms with van der Waals surface area (Å²) >= 11 is 5.85. The molecule has 2 heterocycles. The molecule has 0 N–H and O–H groups in total. The van der Waals surface area contributed by atoms with E-state index >= 15 is 0 Å². The van der Waals surface area contributed by atoms with Gasteiger partial charge in [0.1, 0.15) is 16.7 Å². The van der Waals surface area contributed by atoms with Crippen LogP contribution in [0.2, 0.25) is 5.15 Å². The topological polar surface area (TPSA) is 75.6 Å². The van der Waals surface area contributed by atoms with Gasteiger partial charge in [0, 0.05) is 26.2 Å². The second-order valence-electron chi connectivity index (χ2n) is 5.27. The number of nitrogens with zero attached hydrogens (tertiary/aromatic N) is 4. The van der Waals surface area contributed by atoms with Crippen molar-refractivity contribution in [2.24, 2.45) is 0 Å². The van der Waals surface area contributed by atoms with Crippen LogP contribution >= 0.6 is 11.6 Å². The number of hydrogen-bond acceptors (Lipinski definition) is 6. The number of piperazine rings is 1. The molecule has 1 saturated heterocycles. The number of ether oxygens (including phenoxy) is 1. The predicted octanol–water partition coefficient (Wildman–Crippen LogP) is 1.65. The monoisotopic (exact) mass is 368 g/mol. The maximum Gasteiger partial charge on any atom is 0.243 e. The summed E-state index contributed by atoms with van der Waals surface area (Å²) in [5.41, 5.74) is 0. The first-order valence-corrected chi connectivity index (χ1v) is 9.19. The Hall–Kier alpha value is -1.90. The van der Waals surface area contributed by atoms with E-state index in [9.17, 15) is 8.42 Å². The van der Waals surface area contributed by atoms with Gasteiger partial charge in [0.05, 0.1) is 24.4 Å². The van der Waals surface area contributed by atoms with Gasteiger partial charge in [-0.05, 0) is 24.3 Å². The molecule has 0 atom stereocenters. The van der Waals surface area contributed by atoms with E-state index in [1.54, 1.807) is 37.6 Å². The fourth-order valence-corrected chi connectivity index (χ4v) is 4.10. The summed E-state index contributed by atoms with van der Waals surface area (Å²) in [6.45, 7) is 1.82. The SMILES string of the molecule is COc1ccc(S(=O)(=O)N2CCN(c3cncc(Cl)n3)CC2)cc1. The molecule has 0 radical (unpaired) electrons. The molecule has 1 fully saturated rings. The highest BCUT2D eigenvalue weighted by Crippen LogP contribution is 2.22. The van der Waals surface area contributed by atoms with Crippen LogP contribution in [0.15, 0.2) is 41.6 Å². The van der Waals surface area contributed by atoms with Crippen LogP contribution in [-0.4, -0.2) is 56.0 Å². The van der Waals surface area contributed by atoms with Crippen LogP contribution in [0.4, 0.5) is 5.82 Å². The zero-order chi connectivity index (χ0) is 17.2. The minimum Gasteiger partial charge on any atom is -0.497 e. The van der Waals surface area contributed by atoms with Gasteiger partial charge < -0.3 is 9.64 Å². The number of methoxy groups -OCH3 is 1. The molecular formula is C15H17ClN4O3S. The van der Waals surface area contributed by atoms with E-state index < -0.39 is 10.0 Å². The van der Waals surface area contributed by atoms with Crippen LogP contribution in [0.5, 0.6) is 5.75 Å². The van der Waals surface area contributed by atoms with Gasteiger partial charge in [0.15, 0.2) is 0 Å². The van der Waals surface area contributed by atoms with Crippen molar-refractivity contribution >= 4 is 27.4 Å². The van der Waals surface area contributed by atoms with E-state index in [1.165, 1.54) is 10.5 Å². The predicted molar refractivity (Wildman–Crippen MR) is 91.0 cm³/mol. The van der Waals surface area contributed by atoms with Crippen molar-refractivity contribution in [3.8, 4) is 5.75 Å². The lowest BCUT2D eigenvalue weighted by Gasteiger charge is -2.34. The van der Waals surface area contributed by atoms with Gasteiger partial charge in [-0.1, -0.05) is 11.6 Å². The van der Waals surface area contributed by atoms with E-state index in [0.717, 1.165) is 0 Å². The zero-order valence-corrected chi connectivity index (χ0v) is 14.7. The third-order valence-electron chi connectivity index (χ3n) is 3.85. The lowest BCUT2D eigenvalue weighted by Crippen LogP contribution is -2.48. The Labute approximate surface area is 145 Å². The summed E-state index contributed by atoms with van der Waals surface area (Å²) in [6, 6.07) is 6.40. The second-order valence-corrected chi connectivity index (χ2v) is 7.59. The molecule has 1 aromatic heterocycles. The molecule has 7 nitrogen and oxygen atoms in total. The van der Waals surface area contributed by atoms with E-state index in [1.807, 2.05) is 4.90 Å². The average molecular weight is 369 g/mol. The van der Waals surface area contributed by atoms with Gasteiger partial charge in [-0.25, -0.2) is 13.4 Å². The maximum atomic E-state index is 12.7. The van der Waals surface area contributed by atoms with E-state index in [0.29, 0.717) is 42.9 Å². The second kappa shape index (κ2) is 6.92. The summed E-state index contributed by atoms with van der Waals surface area (Å²) in [5, 5.41) is 0.320. The van der Waals surface area contributed by atoms with E-state index in [-0.39, 0.29) is 4.90 Å². The molecule has 0 bridgehead atoms. The fraction of sp³-hybridized carbons (Fsp3) is 0.333. The van der Waals surface area contributed by atoms with Crippen molar-refractivity contribution in [2.45, 2.75) is 4.90 Å². The summed E-state index contributed by atoms with van der Waals surface area (Å²) in [4.78, 5) is 10.5. The molecule has 0 aliphatic carbocycles. The first-order chi connectivity index (χ1) is 11.5.